The largest absolute Gasteiger partial charge is 0.146 e. The van der Waals surface area contributed by atoms with Crippen molar-refractivity contribution in [2.24, 2.45) is 0 Å². The third-order valence-corrected chi connectivity index (χ3v) is 46.8. The fraction of sp³-hybridized carbons (Fsp3) is 0.367. The molecule has 0 aliphatic rings. The molecule has 7 rings (SSSR count). The number of benzene rings is 7. The van der Waals surface area contributed by atoms with Crippen LogP contribution in [0, 0.1) is 117 Å². The Hall–Kier alpha value is -8.99. The van der Waals surface area contributed by atoms with Gasteiger partial charge >= 0.3 is 0 Å². The second kappa shape index (κ2) is 36.2. The molecule has 0 saturated heterocycles. The van der Waals surface area contributed by atoms with E-state index >= 15 is 0 Å². The molecule has 0 saturated carbocycles. The van der Waals surface area contributed by atoms with E-state index in [0.29, 0.717) is 66.5 Å². The zero-order chi connectivity index (χ0) is 74.7. The average molecular weight is 1400 g/mol. The summed E-state index contributed by atoms with van der Waals surface area (Å²) in [5.74, 6) is 55.8. The van der Waals surface area contributed by atoms with Crippen LogP contribution in [0.4, 0.5) is 0 Å². The fourth-order valence-electron chi connectivity index (χ4n) is 16.2. The van der Waals surface area contributed by atoms with Crippen LogP contribution in [0.5, 0.6) is 0 Å². The summed E-state index contributed by atoms with van der Waals surface area (Å²) in [4.78, 5) is 0. The van der Waals surface area contributed by atoms with Crippen LogP contribution in [-0.2, 0) is 0 Å². The Balaban J connectivity index is 1.19. The molecule has 4 heteroatoms. The molecular weight excluding hydrogens is 1290 g/mol. The Morgan fingerprint density at radius 2 is 0.275 bits per heavy atom. The minimum Gasteiger partial charge on any atom is -0.125 e. The van der Waals surface area contributed by atoms with E-state index in [0.717, 1.165) is 89.0 Å². The molecule has 518 valence electrons. The van der Waals surface area contributed by atoms with E-state index in [1.807, 2.05) is 48.5 Å². The Kier molecular flexibility index (Phi) is 28.5. The van der Waals surface area contributed by atoms with Crippen LogP contribution in [0.25, 0.3) is 0 Å². The lowest BCUT2D eigenvalue weighted by atomic mass is 10.0. The van der Waals surface area contributed by atoms with Gasteiger partial charge in [0.2, 0.25) is 0 Å². The van der Waals surface area contributed by atoms with Gasteiger partial charge in [0.1, 0.15) is 32.3 Å². The maximum absolute atomic E-state index is 3.87. The maximum atomic E-state index is 3.87. The van der Waals surface area contributed by atoms with Gasteiger partial charge in [0.25, 0.3) is 0 Å². The summed E-state index contributed by atoms with van der Waals surface area (Å²) in [6, 6.07) is 53.8. The molecule has 0 bridgehead atoms. The van der Waals surface area contributed by atoms with Crippen molar-refractivity contribution >= 4 is 32.3 Å². The molecule has 0 aromatic heterocycles. The van der Waals surface area contributed by atoms with E-state index < -0.39 is 32.3 Å². The summed E-state index contributed by atoms with van der Waals surface area (Å²) in [7, 11) is -7.48. The van der Waals surface area contributed by atoms with Crippen molar-refractivity contribution in [3.8, 4) is 117 Å². The summed E-state index contributed by atoms with van der Waals surface area (Å²) in [5, 5.41) is 0. The van der Waals surface area contributed by atoms with Gasteiger partial charge in [0.05, 0.1) is 0 Å². The molecule has 0 amide bonds. The molecule has 0 atom stereocenters. The van der Waals surface area contributed by atoms with Crippen molar-refractivity contribution < 1.29 is 0 Å². The van der Waals surface area contributed by atoms with Crippen LogP contribution in [0.3, 0.4) is 0 Å². The number of hydrogen-bond acceptors (Lipinski definition) is 0. The highest BCUT2D eigenvalue weighted by Crippen LogP contribution is 2.44. The van der Waals surface area contributed by atoms with Crippen LogP contribution in [0.15, 0.2) is 158 Å². The van der Waals surface area contributed by atoms with Crippen molar-refractivity contribution in [2.45, 2.75) is 233 Å². The highest BCUT2D eigenvalue weighted by molar-refractivity contribution is 6.92. The summed E-state index contributed by atoms with van der Waals surface area (Å²) < 4.78 is 0. The van der Waals surface area contributed by atoms with Gasteiger partial charge in [-0.15, -0.1) is 22.2 Å². The normalized spacial score (nSPS) is 11.4. The predicted molar refractivity (Wildman–Crippen MR) is 453 cm³/mol. The standard InChI is InChI=1S/C98H110Si4/c1-71(2)99(72(3)4,73(5)6)65-61-89-37-29-85(30-38-89)49-55-95-57-53-93(69-97(95)59-51-87-33-41-91(42-34-87)63-67-101(77(13)14,78(15)16)79(17)18)47-45-83-25-27-84(28-26-83)46-48-94-54-58-96(56-50-86-31-39-90(40-32-86)62-66-100(74(7)8,75(9)10)76(11)12)98(70-94)60-52-88-35-43-92(44-36-88)64-68-102(80(19)20,81(21)22)82(23)24/h25-44,53-54,57-58,69-82H,1-24H3. The van der Waals surface area contributed by atoms with Crippen molar-refractivity contribution in [2.75, 3.05) is 0 Å². The lowest BCUT2D eigenvalue weighted by Crippen LogP contribution is -2.43. The van der Waals surface area contributed by atoms with Crippen LogP contribution in [0.1, 0.15) is 255 Å². The topological polar surface area (TPSA) is 0 Å². The maximum Gasteiger partial charge on any atom is 0.146 e. The summed E-state index contributed by atoms with van der Waals surface area (Å²) in [5.41, 5.74) is 36.8. The Morgan fingerprint density at radius 1 is 0.147 bits per heavy atom. The van der Waals surface area contributed by atoms with Gasteiger partial charge in [-0.2, -0.15) is 0 Å². The molecule has 0 nitrogen and oxygen atoms in total. The highest BCUT2D eigenvalue weighted by Gasteiger charge is 2.44. The van der Waals surface area contributed by atoms with Crippen LogP contribution >= 0.6 is 0 Å². The SMILES string of the molecule is CC(C)[Si](C#Cc1ccc(C#Cc2ccc(C#Cc3ccc(C#Cc4ccc(C#Cc5ccc(C#C[Si](C(C)C)(C(C)C)C(C)C)cc5)c(C#Cc5ccc(C#C[Si](C(C)C)(C(C)C)C(C)C)cc5)c4)cc3)cc2C#Cc2ccc(C#C[Si](C(C)C)(C(C)C)C(C)C)cc2)cc1)(C(C)C)C(C)C. The second-order valence-electron chi connectivity index (χ2n) is 31.5. The molecule has 0 unspecified atom stereocenters. The molecule has 0 radical (unpaired) electrons. The fourth-order valence-corrected chi connectivity index (χ4v) is 37.1. The summed E-state index contributed by atoms with van der Waals surface area (Å²) >= 11 is 0. The molecule has 7 aromatic carbocycles. The molecule has 0 N–H and O–H groups in total. The van der Waals surface area contributed by atoms with Crippen molar-refractivity contribution in [1.29, 1.82) is 0 Å². The second-order valence-corrected chi connectivity index (χ2v) is 53.8. The van der Waals surface area contributed by atoms with E-state index in [4.69, 9.17) is 0 Å². The first-order valence-corrected chi connectivity index (χ1v) is 46.3. The third-order valence-electron chi connectivity index (χ3n) is 21.7. The van der Waals surface area contributed by atoms with Gasteiger partial charge in [-0.1, -0.05) is 261 Å². The minimum absolute atomic E-state index is 0.567. The quantitative estimate of drug-likeness (QED) is 0.0845. The zero-order valence-corrected chi connectivity index (χ0v) is 69.9. The van der Waals surface area contributed by atoms with Gasteiger partial charge in [0.15, 0.2) is 0 Å². The van der Waals surface area contributed by atoms with Crippen molar-refractivity contribution in [1.82, 2.24) is 0 Å². The Labute approximate surface area is 624 Å². The summed E-state index contributed by atoms with van der Waals surface area (Å²) in [6.45, 7) is 56.5. The highest BCUT2D eigenvalue weighted by atomic mass is 28.3. The molecule has 0 aliphatic heterocycles. The van der Waals surface area contributed by atoms with Gasteiger partial charge in [-0.3, -0.25) is 0 Å². The van der Waals surface area contributed by atoms with Gasteiger partial charge in [-0.05, 0) is 224 Å². The molecule has 7 aromatic rings. The average Bonchev–Trinajstić information content (AvgIpc) is 0.816. The van der Waals surface area contributed by atoms with Gasteiger partial charge in [0, 0.05) is 89.0 Å². The molecule has 0 aliphatic carbocycles. The van der Waals surface area contributed by atoms with Gasteiger partial charge < -0.3 is 0 Å². The smallest absolute Gasteiger partial charge is 0.125 e. The molecule has 0 heterocycles. The van der Waals surface area contributed by atoms with Crippen molar-refractivity contribution in [3.05, 3.63) is 247 Å². The lowest BCUT2D eigenvalue weighted by molar-refractivity contribution is 0.838. The number of rotatable bonds is 12. The molecule has 0 spiro atoms. The van der Waals surface area contributed by atoms with Crippen molar-refractivity contribution in [3.63, 3.8) is 0 Å². The van der Waals surface area contributed by atoms with E-state index in [2.05, 4.69) is 392 Å². The van der Waals surface area contributed by atoms with Crippen LogP contribution in [-0.4, -0.2) is 32.3 Å². The minimum atomic E-state index is -1.88. The van der Waals surface area contributed by atoms with E-state index in [1.165, 1.54) is 0 Å². The Bertz CT molecular complexity index is 4350. The number of hydrogen-bond donors (Lipinski definition) is 0. The van der Waals surface area contributed by atoms with Crippen LogP contribution in [0.2, 0.25) is 66.5 Å². The first-order chi connectivity index (χ1) is 48.4. The Morgan fingerprint density at radius 3 is 0.441 bits per heavy atom. The molecule has 0 fully saturated rings. The van der Waals surface area contributed by atoms with E-state index in [9.17, 15) is 0 Å². The molecular formula is C98H110Si4. The molecule has 102 heavy (non-hydrogen) atoms. The third kappa shape index (κ3) is 19.8. The monoisotopic (exact) mass is 1400 g/mol. The van der Waals surface area contributed by atoms with E-state index in [1.54, 1.807) is 0 Å². The van der Waals surface area contributed by atoms with Gasteiger partial charge in [-0.25, -0.2) is 0 Å². The predicted octanol–water partition coefficient (Wildman–Crippen LogP) is 24.4. The lowest BCUT2D eigenvalue weighted by Gasteiger charge is -2.38. The van der Waals surface area contributed by atoms with E-state index in [-0.39, 0.29) is 0 Å². The summed E-state index contributed by atoms with van der Waals surface area (Å²) in [6.07, 6.45) is 0. The zero-order valence-electron chi connectivity index (χ0n) is 65.9. The first kappa shape index (κ1) is 80.3. The first-order valence-electron chi connectivity index (χ1n) is 37.4. The van der Waals surface area contributed by atoms with Crippen LogP contribution < -0.4 is 0 Å².